The van der Waals surface area contributed by atoms with Crippen LogP contribution >= 0.6 is 0 Å². The van der Waals surface area contributed by atoms with E-state index in [-0.39, 0.29) is 12.5 Å². The number of amides is 1. The Labute approximate surface area is 81.0 Å². The first kappa shape index (κ1) is 10.7. The second-order valence-corrected chi connectivity index (χ2v) is 2.96. The number of H-pyrrole nitrogens is 1. The highest BCUT2D eigenvalue weighted by molar-refractivity contribution is 5.72. The summed E-state index contributed by atoms with van der Waals surface area (Å²) in [6, 6.07) is 0. The zero-order chi connectivity index (χ0) is 10.6. The Morgan fingerprint density at radius 1 is 1.71 bits per heavy atom. The zero-order valence-corrected chi connectivity index (χ0v) is 7.77. The molecule has 2 unspecified atom stereocenters. The van der Waals surface area contributed by atoms with Crippen LogP contribution in [0.5, 0.6) is 0 Å². The minimum absolute atomic E-state index is 0.00944. The number of rotatable bonds is 4. The van der Waals surface area contributed by atoms with Gasteiger partial charge in [0.1, 0.15) is 12.2 Å². The highest BCUT2D eigenvalue weighted by Gasteiger charge is 2.19. The molecule has 0 saturated carbocycles. The van der Waals surface area contributed by atoms with Crippen LogP contribution in [-0.2, 0) is 4.79 Å². The molecule has 0 saturated heterocycles. The van der Waals surface area contributed by atoms with E-state index in [4.69, 9.17) is 0 Å². The van der Waals surface area contributed by atoms with Crippen LogP contribution in [0.15, 0.2) is 12.5 Å². The quantitative estimate of drug-likeness (QED) is 0.496. The molecule has 78 valence electrons. The molecule has 0 radical (unpaired) electrons. The van der Waals surface area contributed by atoms with Crippen molar-refractivity contribution >= 4 is 5.91 Å². The highest BCUT2D eigenvalue weighted by atomic mass is 16.3. The van der Waals surface area contributed by atoms with Gasteiger partial charge in [-0.2, -0.15) is 0 Å². The summed E-state index contributed by atoms with van der Waals surface area (Å²) < 4.78 is 0. The molecule has 0 aromatic carbocycles. The van der Waals surface area contributed by atoms with Gasteiger partial charge >= 0.3 is 0 Å². The second-order valence-electron chi connectivity index (χ2n) is 2.96. The fourth-order valence-electron chi connectivity index (χ4n) is 0.996. The van der Waals surface area contributed by atoms with Gasteiger partial charge in [0.05, 0.1) is 18.2 Å². The fraction of sp³-hybridized carbons (Fsp3) is 0.500. The number of aliphatic hydroxyl groups excluding tert-OH is 2. The van der Waals surface area contributed by atoms with Gasteiger partial charge in [-0.15, -0.1) is 0 Å². The highest BCUT2D eigenvalue weighted by Crippen LogP contribution is 2.12. The normalized spacial score (nSPS) is 14.8. The van der Waals surface area contributed by atoms with E-state index in [0.717, 1.165) is 0 Å². The minimum Gasteiger partial charge on any atom is -0.388 e. The molecule has 0 bridgehead atoms. The van der Waals surface area contributed by atoms with Crippen molar-refractivity contribution in [2.75, 3.05) is 6.54 Å². The molecule has 0 aliphatic rings. The Balaban J connectivity index is 2.44. The van der Waals surface area contributed by atoms with Gasteiger partial charge in [0.15, 0.2) is 0 Å². The average molecular weight is 199 g/mol. The topological polar surface area (TPSA) is 98.2 Å². The van der Waals surface area contributed by atoms with E-state index in [1.54, 1.807) is 0 Å². The van der Waals surface area contributed by atoms with Gasteiger partial charge in [-0.1, -0.05) is 0 Å². The predicted octanol–water partition coefficient (Wildman–Crippen LogP) is -1.06. The van der Waals surface area contributed by atoms with Gasteiger partial charge in [-0.3, -0.25) is 4.79 Å². The molecule has 1 aromatic heterocycles. The Morgan fingerprint density at radius 3 is 2.93 bits per heavy atom. The molecule has 1 aromatic rings. The third-order valence-electron chi connectivity index (χ3n) is 1.76. The van der Waals surface area contributed by atoms with Crippen LogP contribution in [0.4, 0.5) is 0 Å². The maximum atomic E-state index is 10.5. The van der Waals surface area contributed by atoms with Crippen LogP contribution in [0, 0.1) is 0 Å². The van der Waals surface area contributed by atoms with Crippen molar-refractivity contribution in [3.8, 4) is 0 Å². The van der Waals surface area contributed by atoms with Crippen molar-refractivity contribution in [3.05, 3.63) is 18.2 Å². The number of nitrogens with one attached hydrogen (secondary N) is 2. The van der Waals surface area contributed by atoms with Crippen molar-refractivity contribution in [3.63, 3.8) is 0 Å². The SMILES string of the molecule is CC(=O)NCC(O)C(O)c1cnc[nH]1. The lowest BCUT2D eigenvalue weighted by molar-refractivity contribution is -0.119. The predicted molar refractivity (Wildman–Crippen MR) is 48.2 cm³/mol. The molecular weight excluding hydrogens is 186 g/mol. The van der Waals surface area contributed by atoms with Gasteiger partial charge in [0.25, 0.3) is 0 Å². The smallest absolute Gasteiger partial charge is 0.216 e. The number of nitrogens with zero attached hydrogens (tertiary/aromatic N) is 1. The largest absolute Gasteiger partial charge is 0.388 e. The summed E-state index contributed by atoms with van der Waals surface area (Å²) in [5.74, 6) is -0.249. The van der Waals surface area contributed by atoms with Crippen molar-refractivity contribution < 1.29 is 15.0 Å². The number of aromatic amines is 1. The lowest BCUT2D eigenvalue weighted by atomic mass is 10.1. The summed E-state index contributed by atoms with van der Waals surface area (Å²) in [6.07, 6.45) is 0.717. The Hall–Kier alpha value is -1.40. The number of carbonyl (C=O) groups excluding carboxylic acids is 1. The molecule has 0 aliphatic heterocycles. The number of hydrogen-bond donors (Lipinski definition) is 4. The van der Waals surface area contributed by atoms with Gasteiger partial charge < -0.3 is 20.5 Å². The maximum absolute atomic E-state index is 10.5. The molecule has 6 heteroatoms. The second kappa shape index (κ2) is 4.73. The fourth-order valence-corrected chi connectivity index (χ4v) is 0.996. The summed E-state index contributed by atoms with van der Waals surface area (Å²) in [5.41, 5.74) is 0.419. The first-order valence-corrected chi connectivity index (χ1v) is 4.20. The van der Waals surface area contributed by atoms with Crippen molar-refractivity contribution in [2.45, 2.75) is 19.1 Å². The number of hydrogen-bond acceptors (Lipinski definition) is 4. The minimum atomic E-state index is -1.07. The van der Waals surface area contributed by atoms with E-state index in [2.05, 4.69) is 15.3 Å². The molecule has 0 spiro atoms. The molecule has 6 nitrogen and oxygen atoms in total. The summed E-state index contributed by atoms with van der Waals surface area (Å²) >= 11 is 0. The number of carbonyl (C=O) groups is 1. The number of aliphatic hydroxyl groups is 2. The maximum Gasteiger partial charge on any atom is 0.216 e. The van der Waals surface area contributed by atoms with Crippen LogP contribution in [0.2, 0.25) is 0 Å². The molecular formula is C8H13N3O3. The lowest BCUT2D eigenvalue weighted by Crippen LogP contribution is -2.34. The molecule has 2 atom stereocenters. The van der Waals surface area contributed by atoms with Gasteiger partial charge in [0.2, 0.25) is 5.91 Å². The van der Waals surface area contributed by atoms with Crippen LogP contribution < -0.4 is 5.32 Å². The molecule has 1 rings (SSSR count). The lowest BCUT2D eigenvalue weighted by Gasteiger charge is -2.16. The molecule has 0 aliphatic carbocycles. The first-order chi connectivity index (χ1) is 6.61. The van der Waals surface area contributed by atoms with Crippen molar-refractivity contribution in [2.24, 2.45) is 0 Å². The monoisotopic (exact) mass is 199 g/mol. The Morgan fingerprint density at radius 2 is 2.43 bits per heavy atom. The van der Waals surface area contributed by atoms with Crippen LogP contribution in [-0.4, -0.2) is 38.7 Å². The zero-order valence-electron chi connectivity index (χ0n) is 7.77. The standard InChI is InChI=1S/C8H13N3O3/c1-5(12)10-3-7(13)8(14)6-2-9-4-11-6/h2,4,7-8,13-14H,3H2,1H3,(H,9,11)(H,10,12). The summed E-state index contributed by atoms with van der Waals surface area (Å²) in [5, 5.41) is 21.3. The third-order valence-corrected chi connectivity index (χ3v) is 1.76. The van der Waals surface area contributed by atoms with Crippen LogP contribution in [0.3, 0.4) is 0 Å². The number of imidazole rings is 1. The summed E-state index contributed by atoms with van der Waals surface area (Å²) in [4.78, 5) is 16.9. The molecule has 1 heterocycles. The van der Waals surface area contributed by atoms with Crippen LogP contribution in [0.25, 0.3) is 0 Å². The van der Waals surface area contributed by atoms with Crippen molar-refractivity contribution in [1.29, 1.82) is 0 Å². The van der Waals surface area contributed by atoms with Gasteiger partial charge in [-0.05, 0) is 0 Å². The molecule has 0 fully saturated rings. The number of aromatic nitrogens is 2. The Bertz CT molecular complexity index is 286. The molecule has 1 amide bonds. The Kier molecular flexibility index (Phi) is 3.61. The van der Waals surface area contributed by atoms with E-state index >= 15 is 0 Å². The van der Waals surface area contributed by atoms with E-state index in [1.165, 1.54) is 19.4 Å². The van der Waals surface area contributed by atoms with Crippen molar-refractivity contribution in [1.82, 2.24) is 15.3 Å². The summed E-state index contributed by atoms with van der Waals surface area (Å²) in [6.45, 7) is 1.35. The van der Waals surface area contributed by atoms with E-state index < -0.39 is 12.2 Å². The van der Waals surface area contributed by atoms with E-state index in [0.29, 0.717) is 5.69 Å². The molecule has 4 N–H and O–H groups in total. The van der Waals surface area contributed by atoms with E-state index in [1.807, 2.05) is 0 Å². The van der Waals surface area contributed by atoms with Crippen LogP contribution in [0.1, 0.15) is 18.7 Å². The average Bonchev–Trinajstić information content (AvgIpc) is 2.65. The first-order valence-electron chi connectivity index (χ1n) is 4.20. The third kappa shape index (κ3) is 2.82. The van der Waals surface area contributed by atoms with Gasteiger partial charge in [0, 0.05) is 13.5 Å². The van der Waals surface area contributed by atoms with Gasteiger partial charge in [-0.25, -0.2) is 4.98 Å². The van der Waals surface area contributed by atoms with E-state index in [9.17, 15) is 15.0 Å². The summed E-state index contributed by atoms with van der Waals surface area (Å²) in [7, 11) is 0. The molecule has 14 heavy (non-hydrogen) atoms.